The molecular formula is C10H16N4O2. The molecule has 6 nitrogen and oxygen atoms in total. The van der Waals surface area contributed by atoms with Crippen LogP contribution in [0.2, 0.25) is 0 Å². The maximum Gasteiger partial charge on any atom is 0.270 e. The van der Waals surface area contributed by atoms with Crippen molar-refractivity contribution in [2.45, 2.75) is 6.92 Å². The summed E-state index contributed by atoms with van der Waals surface area (Å²) in [6.07, 6.45) is 1.45. The van der Waals surface area contributed by atoms with Crippen molar-refractivity contribution < 1.29 is 9.32 Å². The van der Waals surface area contributed by atoms with E-state index in [-0.39, 0.29) is 5.91 Å². The van der Waals surface area contributed by atoms with Crippen molar-refractivity contribution in [1.82, 2.24) is 20.5 Å². The molecule has 0 radical (unpaired) electrons. The number of carbonyl (C=O) groups is 1. The molecule has 1 N–H and O–H groups in total. The fraction of sp³-hybridized carbons (Fsp3) is 0.600. The monoisotopic (exact) mass is 224 g/mol. The van der Waals surface area contributed by atoms with Crippen LogP contribution < -0.4 is 5.43 Å². The summed E-state index contributed by atoms with van der Waals surface area (Å²) < 4.78 is 4.85. The molecule has 0 saturated carbocycles. The highest BCUT2D eigenvalue weighted by Crippen LogP contribution is 2.06. The largest absolute Gasteiger partial charge is 0.361 e. The molecule has 16 heavy (non-hydrogen) atoms. The number of hydrogen-bond donors (Lipinski definition) is 1. The van der Waals surface area contributed by atoms with Gasteiger partial charge in [0.25, 0.3) is 5.91 Å². The van der Waals surface area contributed by atoms with Crippen molar-refractivity contribution in [3.63, 3.8) is 0 Å². The topological polar surface area (TPSA) is 61.6 Å². The van der Waals surface area contributed by atoms with E-state index in [1.165, 1.54) is 6.20 Å². The second-order valence-electron chi connectivity index (χ2n) is 4.03. The van der Waals surface area contributed by atoms with Gasteiger partial charge in [-0.05, 0) is 14.0 Å². The standard InChI is InChI=1S/C10H16N4O2/c1-8-9(7-11-16-8)10(15)12-14-5-3-13(2)4-6-14/h7H,3-6H2,1-2H3,(H,12,15). The number of aryl methyl sites for hydroxylation is 1. The Morgan fingerprint density at radius 2 is 2.12 bits per heavy atom. The molecular weight excluding hydrogens is 208 g/mol. The molecule has 1 aliphatic heterocycles. The van der Waals surface area contributed by atoms with E-state index in [0.29, 0.717) is 11.3 Å². The van der Waals surface area contributed by atoms with Crippen LogP contribution in [0.4, 0.5) is 0 Å². The molecule has 2 heterocycles. The summed E-state index contributed by atoms with van der Waals surface area (Å²) in [5, 5.41) is 5.51. The summed E-state index contributed by atoms with van der Waals surface area (Å²) in [5.41, 5.74) is 3.35. The highest BCUT2D eigenvalue weighted by molar-refractivity contribution is 5.94. The first-order valence-electron chi connectivity index (χ1n) is 5.32. The van der Waals surface area contributed by atoms with Crippen molar-refractivity contribution >= 4 is 5.91 Å². The molecule has 1 aromatic heterocycles. The predicted molar refractivity (Wildman–Crippen MR) is 57.8 cm³/mol. The Balaban J connectivity index is 1.91. The van der Waals surface area contributed by atoms with Crippen LogP contribution in [0.5, 0.6) is 0 Å². The molecule has 0 bridgehead atoms. The molecule has 1 aliphatic rings. The first-order chi connectivity index (χ1) is 7.66. The lowest BCUT2D eigenvalue weighted by molar-refractivity contribution is 0.0661. The molecule has 6 heteroatoms. The number of carbonyl (C=O) groups excluding carboxylic acids is 1. The number of nitrogens with zero attached hydrogens (tertiary/aromatic N) is 3. The van der Waals surface area contributed by atoms with Crippen LogP contribution in [0.3, 0.4) is 0 Å². The Morgan fingerprint density at radius 1 is 1.44 bits per heavy atom. The maximum absolute atomic E-state index is 11.8. The predicted octanol–water partition coefficient (Wildman–Crippen LogP) is -0.125. The molecule has 1 aromatic rings. The summed E-state index contributed by atoms with van der Waals surface area (Å²) >= 11 is 0. The first kappa shape index (κ1) is 11.1. The SMILES string of the molecule is Cc1oncc1C(=O)NN1CCN(C)CC1. The Kier molecular flexibility index (Phi) is 3.21. The molecule has 0 atom stereocenters. The van der Waals surface area contributed by atoms with Gasteiger partial charge in [0.05, 0.1) is 6.20 Å². The minimum atomic E-state index is -0.150. The molecule has 0 aromatic carbocycles. The fourth-order valence-corrected chi connectivity index (χ4v) is 1.64. The Morgan fingerprint density at radius 3 is 2.69 bits per heavy atom. The first-order valence-corrected chi connectivity index (χ1v) is 5.32. The summed E-state index contributed by atoms with van der Waals surface area (Å²) in [7, 11) is 2.07. The zero-order valence-electron chi connectivity index (χ0n) is 9.56. The van der Waals surface area contributed by atoms with E-state index in [4.69, 9.17) is 4.52 Å². The molecule has 0 spiro atoms. The van der Waals surface area contributed by atoms with Crippen LogP contribution in [0.1, 0.15) is 16.1 Å². The van der Waals surface area contributed by atoms with Gasteiger partial charge in [0, 0.05) is 26.2 Å². The zero-order chi connectivity index (χ0) is 11.5. The lowest BCUT2D eigenvalue weighted by Gasteiger charge is -2.32. The van der Waals surface area contributed by atoms with E-state index in [9.17, 15) is 4.79 Å². The van der Waals surface area contributed by atoms with Crippen molar-refractivity contribution in [2.24, 2.45) is 0 Å². The van der Waals surface area contributed by atoms with Crippen LogP contribution in [-0.2, 0) is 0 Å². The van der Waals surface area contributed by atoms with E-state index in [0.717, 1.165) is 26.2 Å². The van der Waals surface area contributed by atoms with Gasteiger partial charge < -0.3 is 9.42 Å². The Bertz CT molecular complexity index is 369. The molecule has 0 unspecified atom stereocenters. The van der Waals surface area contributed by atoms with Gasteiger partial charge in [-0.2, -0.15) is 0 Å². The third-order valence-electron chi connectivity index (χ3n) is 2.76. The molecule has 1 fully saturated rings. The van der Waals surface area contributed by atoms with Gasteiger partial charge in [0.2, 0.25) is 0 Å². The van der Waals surface area contributed by atoms with E-state index in [1.807, 2.05) is 5.01 Å². The number of amides is 1. The van der Waals surface area contributed by atoms with Gasteiger partial charge in [-0.3, -0.25) is 10.2 Å². The van der Waals surface area contributed by atoms with Crippen LogP contribution in [0.15, 0.2) is 10.7 Å². The van der Waals surface area contributed by atoms with Gasteiger partial charge in [-0.15, -0.1) is 0 Å². The highest BCUT2D eigenvalue weighted by Gasteiger charge is 2.18. The minimum absolute atomic E-state index is 0.150. The van der Waals surface area contributed by atoms with E-state index < -0.39 is 0 Å². The summed E-state index contributed by atoms with van der Waals surface area (Å²) in [4.78, 5) is 14.0. The smallest absolute Gasteiger partial charge is 0.270 e. The summed E-state index contributed by atoms with van der Waals surface area (Å²) in [6.45, 7) is 5.33. The number of hydrogen-bond acceptors (Lipinski definition) is 5. The minimum Gasteiger partial charge on any atom is -0.361 e. The van der Waals surface area contributed by atoms with Crippen molar-refractivity contribution in [1.29, 1.82) is 0 Å². The van der Waals surface area contributed by atoms with Crippen LogP contribution in [0.25, 0.3) is 0 Å². The van der Waals surface area contributed by atoms with E-state index in [1.54, 1.807) is 6.92 Å². The lowest BCUT2D eigenvalue weighted by Crippen LogP contribution is -2.52. The molecule has 1 saturated heterocycles. The molecule has 0 aliphatic carbocycles. The van der Waals surface area contributed by atoms with Gasteiger partial charge in [-0.1, -0.05) is 5.16 Å². The fourth-order valence-electron chi connectivity index (χ4n) is 1.64. The average molecular weight is 224 g/mol. The lowest BCUT2D eigenvalue weighted by atomic mass is 10.2. The van der Waals surface area contributed by atoms with Gasteiger partial charge in [-0.25, -0.2) is 5.01 Å². The molecule has 2 rings (SSSR count). The summed E-state index contributed by atoms with van der Waals surface area (Å²) in [5.74, 6) is 0.398. The quantitative estimate of drug-likeness (QED) is 0.758. The summed E-state index contributed by atoms with van der Waals surface area (Å²) in [6, 6.07) is 0. The van der Waals surface area contributed by atoms with E-state index in [2.05, 4.69) is 22.5 Å². The molecule has 88 valence electrons. The number of likely N-dealkylation sites (N-methyl/N-ethyl adjacent to an activating group) is 1. The number of nitrogens with one attached hydrogen (secondary N) is 1. The van der Waals surface area contributed by atoms with Crippen molar-refractivity contribution in [3.05, 3.63) is 17.5 Å². The van der Waals surface area contributed by atoms with Gasteiger partial charge >= 0.3 is 0 Å². The van der Waals surface area contributed by atoms with Gasteiger partial charge in [0.15, 0.2) is 0 Å². The Labute approximate surface area is 94.1 Å². The third-order valence-corrected chi connectivity index (χ3v) is 2.76. The second-order valence-corrected chi connectivity index (χ2v) is 4.03. The zero-order valence-corrected chi connectivity index (χ0v) is 9.56. The third kappa shape index (κ3) is 2.40. The number of piperazine rings is 1. The number of rotatable bonds is 2. The van der Waals surface area contributed by atoms with Crippen LogP contribution in [0, 0.1) is 6.92 Å². The van der Waals surface area contributed by atoms with E-state index >= 15 is 0 Å². The maximum atomic E-state index is 11.8. The Hall–Kier alpha value is -1.40. The van der Waals surface area contributed by atoms with Crippen LogP contribution >= 0.6 is 0 Å². The van der Waals surface area contributed by atoms with Gasteiger partial charge in [0.1, 0.15) is 11.3 Å². The van der Waals surface area contributed by atoms with Crippen LogP contribution in [-0.4, -0.2) is 54.2 Å². The normalized spacial score (nSPS) is 18.6. The highest BCUT2D eigenvalue weighted by atomic mass is 16.5. The van der Waals surface area contributed by atoms with Crippen molar-refractivity contribution in [2.75, 3.05) is 33.2 Å². The second kappa shape index (κ2) is 4.63. The molecule has 1 amide bonds. The number of hydrazine groups is 1. The van der Waals surface area contributed by atoms with Crippen molar-refractivity contribution in [3.8, 4) is 0 Å². The number of aromatic nitrogens is 1. The average Bonchev–Trinajstić information content (AvgIpc) is 2.68.